The summed E-state index contributed by atoms with van der Waals surface area (Å²) in [7, 11) is 3.35. The Morgan fingerprint density at radius 3 is 1.72 bits per heavy atom. The topological polar surface area (TPSA) is 60.6 Å². The molecule has 0 saturated heterocycles. The van der Waals surface area contributed by atoms with Gasteiger partial charge in [-0.25, -0.2) is 4.98 Å². The number of hydrogen-bond donors (Lipinski definition) is 1. The number of rotatable bonds is 8. The second-order valence-corrected chi connectivity index (χ2v) is 7.21. The number of ether oxygens (including phenoxy) is 2. The number of nitrogens with two attached hydrogens (primary N) is 1. The molecule has 1 heterocycles. The molecule has 0 radical (unpaired) electrons. The molecule has 0 amide bonds. The van der Waals surface area contributed by atoms with Crippen LogP contribution in [-0.4, -0.2) is 19.2 Å². The van der Waals surface area contributed by atoms with Crippen molar-refractivity contribution in [1.82, 2.24) is 4.98 Å². The van der Waals surface area contributed by atoms with E-state index in [-0.39, 0.29) is 6.04 Å². The number of benzene rings is 2. The quantitative estimate of drug-likeness (QED) is 0.606. The first kappa shape index (κ1) is 20.7. The van der Waals surface area contributed by atoms with Gasteiger partial charge >= 0.3 is 0 Å². The lowest BCUT2D eigenvalue weighted by molar-refractivity contribution is 0.414. The Morgan fingerprint density at radius 2 is 1.31 bits per heavy atom. The van der Waals surface area contributed by atoms with Crippen LogP contribution in [0.1, 0.15) is 35.3 Å². The summed E-state index contributed by atoms with van der Waals surface area (Å²) in [6.45, 7) is 5.43. The van der Waals surface area contributed by atoms with Crippen LogP contribution < -0.4 is 20.1 Å². The minimum atomic E-state index is -0.104. The van der Waals surface area contributed by atoms with Gasteiger partial charge in [-0.15, -0.1) is 0 Å². The number of aryl methyl sites for hydroxylation is 1. The highest BCUT2D eigenvalue weighted by molar-refractivity contribution is 5.51. The maximum atomic E-state index is 6.27. The van der Waals surface area contributed by atoms with E-state index in [1.165, 1.54) is 11.1 Å². The van der Waals surface area contributed by atoms with Gasteiger partial charge in [-0.1, -0.05) is 30.3 Å². The Morgan fingerprint density at radius 1 is 0.828 bits per heavy atom. The van der Waals surface area contributed by atoms with Crippen LogP contribution in [-0.2, 0) is 13.1 Å². The number of pyridine rings is 1. The monoisotopic (exact) mass is 391 g/mol. The van der Waals surface area contributed by atoms with Gasteiger partial charge < -0.3 is 20.1 Å². The molecule has 5 nitrogen and oxygen atoms in total. The molecule has 0 unspecified atom stereocenters. The predicted octanol–water partition coefficient (Wildman–Crippen LogP) is 4.63. The van der Waals surface area contributed by atoms with E-state index < -0.39 is 0 Å². The van der Waals surface area contributed by atoms with E-state index in [1.54, 1.807) is 14.2 Å². The largest absolute Gasteiger partial charge is 0.497 e. The van der Waals surface area contributed by atoms with Crippen LogP contribution in [0.4, 0.5) is 5.82 Å². The Bertz CT molecular complexity index is 872. The lowest BCUT2D eigenvalue weighted by Gasteiger charge is -2.28. The third-order valence-electron chi connectivity index (χ3n) is 4.90. The molecule has 1 aromatic heterocycles. The van der Waals surface area contributed by atoms with Gasteiger partial charge in [0.15, 0.2) is 0 Å². The van der Waals surface area contributed by atoms with Gasteiger partial charge in [-0.2, -0.15) is 0 Å². The Balaban J connectivity index is 1.97. The zero-order valence-electron chi connectivity index (χ0n) is 17.6. The maximum Gasteiger partial charge on any atom is 0.134 e. The highest BCUT2D eigenvalue weighted by Gasteiger charge is 2.17. The number of aromatic nitrogens is 1. The highest BCUT2D eigenvalue weighted by atomic mass is 16.5. The van der Waals surface area contributed by atoms with E-state index in [1.807, 2.05) is 44.2 Å². The van der Waals surface area contributed by atoms with Crippen molar-refractivity contribution in [3.05, 3.63) is 83.0 Å². The highest BCUT2D eigenvalue weighted by Crippen LogP contribution is 2.27. The van der Waals surface area contributed by atoms with E-state index in [4.69, 9.17) is 20.2 Å². The summed E-state index contributed by atoms with van der Waals surface area (Å²) in [6.07, 6.45) is 0. The molecular weight excluding hydrogens is 362 g/mol. The molecule has 0 fully saturated rings. The van der Waals surface area contributed by atoms with Crippen molar-refractivity contribution in [2.45, 2.75) is 33.0 Å². The molecule has 2 N–H and O–H groups in total. The summed E-state index contributed by atoms with van der Waals surface area (Å²) < 4.78 is 10.6. The third kappa shape index (κ3) is 5.27. The number of hydrogen-bond acceptors (Lipinski definition) is 5. The molecule has 29 heavy (non-hydrogen) atoms. The summed E-state index contributed by atoms with van der Waals surface area (Å²) in [6, 6.07) is 20.3. The van der Waals surface area contributed by atoms with Gasteiger partial charge in [0, 0.05) is 30.4 Å². The van der Waals surface area contributed by atoms with Crippen LogP contribution in [0.5, 0.6) is 11.5 Å². The first-order valence-electron chi connectivity index (χ1n) is 9.74. The molecule has 0 aliphatic carbocycles. The molecular formula is C24H29N3O2. The van der Waals surface area contributed by atoms with Crippen molar-refractivity contribution in [2.24, 2.45) is 5.73 Å². The van der Waals surface area contributed by atoms with Crippen molar-refractivity contribution in [1.29, 1.82) is 0 Å². The summed E-state index contributed by atoms with van der Waals surface area (Å²) in [5, 5.41) is 0. The lowest BCUT2D eigenvalue weighted by atomic mass is 10.1. The van der Waals surface area contributed by atoms with Gasteiger partial charge in [0.05, 0.1) is 14.2 Å². The minimum absolute atomic E-state index is 0.104. The zero-order chi connectivity index (χ0) is 20.8. The smallest absolute Gasteiger partial charge is 0.134 e. The van der Waals surface area contributed by atoms with Crippen molar-refractivity contribution >= 4 is 5.82 Å². The second kappa shape index (κ2) is 9.43. The SMILES string of the molecule is COc1ccc(CN(Cc2ccc(OC)cc2)c2nc(C)ccc2[C@@H](C)N)cc1. The predicted molar refractivity (Wildman–Crippen MR) is 117 cm³/mol. The molecule has 0 spiro atoms. The number of anilines is 1. The van der Waals surface area contributed by atoms with Gasteiger partial charge in [-0.05, 0) is 55.3 Å². The van der Waals surface area contributed by atoms with Crippen LogP contribution in [0, 0.1) is 6.92 Å². The molecule has 2 aromatic carbocycles. The zero-order valence-corrected chi connectivity index (χ0v) is 17.6. The van der Waals surface area contributed by atoms with E-state index in [0.717, 1.165) is 28.6 Å². The normalized spacial score (nSPS) is 11.8. The molecule has 1 atom stereocenters. The standard InChI is InChI=1S/C24H29N3O2/c1-17-5-14-23(18(2)25)24(26-17)27(15-19-6-10-21(28-3)11-7-19)16-20-8-12-22(29-4)13-9-20/h5-14,18H,15-16,25H2,1-4H3/t18-/m1/s1. The first-order chi connectivity index (χ1) is 14.0. The van der Waals surface area contributed by atoms with Crippen LogP contribution >= 0.6 is 0 Å². The van der Waals surface area contributed by atoms with Crippen LogP contribution in [0.2, 0.25) is 0 Å². The summed E-state index contributed by atoms with van der Waals surface area (Å²) in [5.74, 6) is 2.62. The average Bonchev–Trinajstić information content (AvgIpc) is 2.74. The molecule has 0 aliphatic heterocycles. The van der Waals surface area contributed by atoms with Gasteiger partial charge in [0.1, 0.15) is 17.3 Å². The third-order valence-corrected chi connectivity index (χ3v) is 4.90. The van der Waals surface area contributed by atoms with Crippen LogP contribution in [0.25, 0.3) is 0 Å². The van der Waals surface area contributed by atoms with Crippen molar-refractivity contribution in [2.75, 3.05) is 19.1 Å². The van der Waals surface area contributed by atoms with E-state index in [2.05, 4.69) is 35.2 Å². The second-order valence-electron chi connectivity index (χ2n) is 7.21. The Labute approximate surface area is 173 Å². The van der Waals surface area contributed by atoms with E-state index in [9.17, 15) is 0 Å². The summed E-state index contributed by atoms with van der Waals surface area (Å²) >= 11 is 0. The fraction of sp³-hybridized carbons (Fsp3) is 0.292. The van der Waals surface area contributed by atoms with Crippen LogP contribution in [0.3, 0.4) is 0 Å². The first-order valence-corrected chi connectivity index (χ1v) is 9.74. The Hall–Kier alpha value is -3.05. The van der Waals surface area contributed by atoms with Crippen molar-refractivity contribution in [3.63, 3.8) is 0 Å². The number of methoxy groups -OCH3 is 2. The molecule has 3 rings (SSSR count). The minimum Gasteiger partial charge on any atom is -0.497 e. The fourth-order valence-corrected chi connectivity index (χ4v) is 3.27. The molecule has 152 valence electrons. The average molecular weight is 392 g/mol. The maximum absolute atomic E-state index is 6.27. The van der Waals surface area contributed by atoms with Gasteiger partial charge in [-0.3, -0.25) is 0 Å². The molecule has 0 aliphatic rings. The van der Waals surface area contributed by atoms with Crippen LogP contribution in [0.15, 0.2) is 60.7 Å². The lowest BCUT2D eigenvalue weighted by Crippen LogP contribution is -2.26. The van der Waals surface area contributed by atoms with Crippen molar-refractivity contribution in [3.8, 4) is 11.5 Å². The molecule has 0 bridgehead atoms. The van der Waals surface area contributed by atoms with Gasteiger partial charge in [0.2, 0.25) is 0 Å². The molecule has 5 heteroatoms. The van der Waals surface area contributed by atoms with Gasteiger partial charge in [0.25, 0.3) is 0 Å². The summed E-state index contributed by atoms with van der Waals surface area (Å²) in [4.78, 5) is 7.12. The van der Waals surface area contributed by atoms with E-state index >= 15 is 0 Å². The molecule has 3 aromatic rings. The van der Waals surface area contributed by atoms with Crippen molar-refractivity contribution < 1.29 is 9.47 Å². The Kier molecular flexibility index (Phi) is 6.73. The van der Waals surface area contributed by atoms with E-state index in [0.29, 0.717) is 13.1 Å². The molecule has 0 saturated carbocycles. The fourth-order valence-electron chi connectivity index (χ4n) is 3.27. The summed E-state index contributed by atoms with van der Waals surface area (Å²) in [5.41, 5.74) is 10.6. The number of nitrogens with zero attached hydrogens (tertiary/aromatic N) is 2.